The average Bonchev–Trinajstić information content (AvgIpc) is 2.85. The zero-order valence-corrected chi connectivity index (χ0v) is 21.3. The minimum atomic E-state index is -0.614. The van der Waals surface area contributed by atoms with Gasteiger partial charge in [-0.25, -0.2) is 0 Å². The number of hydrogen-bond acceptors (Lipinski definition) is 6. The van der Waals surface area contributed by atoms with Crippen LogP contribution in [-0.4, -0.2) is 56.7 Å². The summed E-state index contributed by atoms with van der Waals surface area (Å²) in [7, 11) is 2.46. The van der Waals surface area contributed by atoms with Crippen LogP contribution in [0.15, 0.2) is 24.3 Å². The van der Waals surface area contributed by atoms with E-state index in [-0.39, 0.29) is 13.1 Å². The van der Waals surface area contributed by atoms with Crippen LogP contribution in [0.5, 0.6) is 5.75 Å². The fourth-order valence-electron chi connectivity index (χ4n) is 3.67. The number of ether oxygens (including phenoxy) is 3. The van der Waals surface area contributed by atoms with Crippen LogP contribution in [-0.2, 0) is 19.1 Å². The van der Waals surface area contributed by atoms with E-state index in [1.807, 2.05) is 0 Å². The van der Waals surface area contributed by atoms with Crippen molar-refractivity contribution in [3.8, 4) is 5.75 Å². The smallest absolute Gasteiger partial charge is 0.325 e. The molecule has 0 fully saturated rings. The van der Waals surface area contributed by atoms with E-state index in [2.05, 4.69) is 16.4 Å². The third-order valence-corrected chi connectivity index (χ3v) is 5.73. The molecule has 0 radical (unpaired) electrons. The highest BCUT2D eigenvalue weighted by atomic mass is 16.5. The zero-order valence-electron chi connectivity index (χ0n) is 21.3. The highest BCUT2D eigenvalue weighted by molar-refractivity contribution is 5.98. The molecular formula is C27H43NO6. The van der Waals surface area contributed by atoms with Gasteiger partial charge in [-0.2, -0.15) is 0 Å². The summed E-state index contributed by atoms with van der Waals surface area (Å²) in [6, 6.07) is 6.77. The Kier molecular flexibility index (Phi) is 16.3. The molecule has 0 saturated carbocycles. The Morgan fingerprint density at radius 1 is 0.735 bits per heavy atom. The Morgan fingerprint density at radius 2 is 1.24 bits per heavy atom. The first-order chi connectivity index (χ1) is 16.5. The number of carbonyl (C=O) groups excluding carboxylic acids is 3. The number of hydrogen-bond donors (Lipinski definition) is 0. The standard InChI is InChI=1S/C27H43NO6/c1-4-5-6-7-8-9-10-11-12-13-14-15-19-34-24-18-16-17-23(20-24)27(31)28(21-25(29)32-2)22-26(30)33-3/h16-18,20H,4-15,19,21-22H2,1-3H3. The summed E-state index contributed by atoms with van der Waals surface area (Å²) in [6.45, 7) is 2.16. The lowest BCUT2D eigenvalue weighted by molar-refractivity contribution is -0.144. The second kappa shape index (κ2) is 18.8. The van der Waals surface area contributed by atoms with E-state index in [1.165, 1.54) is 78.4 Å². The molecule has 0 aromatic heterocycles. The van der Waals surface area contributed by atoms with Crippen molar-refractivity contribution in [2.45, 2.75) is 84.0 Å². The largest absolute Gasteiger partial charge is 0.494 e. The van der Waals surface area contributed by atoms with E-state index in [0.29, 0.717) is 17.9 Å². The van der Waals surface area contributed by atoms with Crippen molar-refractivity contribution in [1.82, 2.24) is 4.90 Å². The molecule has 0 aliphatic carbocycles. The molecule has 0 N–H and O–H groups in total. The highest BCUT2D eigenvalue weighted by Gasteiger charge is 2.22. The lowest BCUT2D eigenvalue weighted by Gasteiger charge is -2.20. The number of unbranched alkanes of at least 4 members (excludes halogenated alkanes) is 11. The molecule has 7 heteroatoms. The first kappa shape index (κ1) is 29.5. The van der Waals surface area contributed by atoms with Crippen molar-refractivity contribution in [3.05, 3.63) is 29.8 Å². The Labute approximate surface area is 205 Å². The molecule has 0 bridgehead atoms. The Hall–Kier alpha value is -2.57. The van der Waals surface area contributed by atoms with Gasteiger partial charge in [-0.05, 0) is 24.6 Å². The van der Waals surface area contributed by atoms with E-state index in [4.69, 9.17) is 4.74 Å². The molecule has 1 aromatic rings. The molecule has 0 unspecified atom stereocenters. The second-order valence-corrected chi connectivity index (χ2v) is 8.58. The predicted molar refractivity (Wildman–Crippen MR) is 133 cm³/mol. The molecule has 7 nitrogen and oxygen atoms in total. The molecule has 192 valence electrons. The summed E-state index contributed by atoms with van der Waals surface area (Å²) in [4.78, 5) is 37.2. The maximum Gasteiger partial charge on any atom is 0.325 e. The van der Waals surface area contributed by atoms with Crippen LogP contribution in [0, 0.1) is 0 Å². The summed E-state index contributed by atoms with van der Waals surface area (Å²) in [5.41, 5.74) is 0.333. The third kappa shape index (κ3) is 13.2. The molecule has 0 saturated heterocycles. The lowest BCUT2D eigenvalue weighted by atomic mass is 10.1. The average molecular weight is 478 g/mol. The topological polar surface area (TPSA) is 82.1 Å². The van der Waals surface area contributed by atoms with Gasteiger partial charge in [-0.15, -0.1) is 0 Å². The molecule has 1 aromatic carbocycles. The lowest BCUT2D eigenvalue weighted by Crippen LogP contribution is -2.40. The summed E-state index contributed by atoms with van der Waals surface area (Å²) >= 11 is 0. The summed E-state index contributed by atoms with van der Waals surface area (Å²) < 4.78 is 15.1. The van der Waals surface area contributed by atoms with Crippen LogP contribution in [0.1, 0.15) is 94.3 Å². The number of amides is 1. The molecule has 0 aliphatic rings. The van der Waals surface area contributed by atoms with Gasteiger partial charge in [0, 0.05) is 5.56 Å². The van der Waals surface area contributed by atoms with Crippen molar-refractivity contribution in [2.24, 2.45) is 0 Å². The maximum atomic E-state index is 12.8. The molecule has 0 heterocycles. The van der Waals surface area contributed by atoms with Crippen LogP contribution in [0.2, 0.25) is 0 Å². The molecular weight excluding hydrogens is 434 g/mol. The van der Waals surface area contributed by atoms with Crippen molar-refractivity contribution < 1.29 is 28.6 Å². The zero-order chi connectivity index (χ0) is 25.0. The summed E-state index contributed by atoms with van der Waals surface area (Å²) in [6.07, 6.45) is 15.4. The summed E-state index contributed by atoms with van der Waals surface area (Å²) in [5.74, 6) is -1.11. The number of methoxy groups -OCH3 is 2. The maximum absolute atomic E-state index is 12.8. The normalized spacial score (nSPS) is 10.6. The Balaban J connectivity index is 2.33. The molecule has 0 spiro atoms. The first-order valence-electron chi connectivity index (χ1n) is 12.7. The second-order valence-electron chi connectivity index (χ2n) is 8.58. The molecule has 0 aliphatic heterocycles. The van der Waals surface area contributed by atoms with E-state index in [1.54, 1.807) is 24.3 Å². The van der Waals surface area contributed by atoms with Gasteiger partial charge in [0.2, 0.25) is 0 Å². The minimum absolute atomic E-state index is 0.333. The van der Waals surface area contributed by atoms with Crippen LogP contribution in [0.4, 0.5) is 0 Å². The van der Waals surface area contributed by atoms with Gasteiger partial charge in [0.25, 0.3) is 5.91 Å². The number of carbonyl (C=O) groups is 3. The number of esters is 2. The van der Waals surface area contributed by atoms with Crippen molar-refractivity contribution in [2.75, 3.05) is 33.9 Å². The predicted octanol–water partition coefficient (Wildman–Crippen LogP) is 5.55. The van der Waals surface area contributed by atoms with Gasteiger partial charge in [0.05, 0.1) is 20.8 Å². The number of nitrogens with zero attached hydrogens (tertiary/aromatic N) is 1. The SMILES string of the molecule is CCCCCCCCCCCCCCOc1cccc(C(=O)N(CC(=O)OC)CC(=O)OC)c1. The van der Waals surface area contributed by atoms with Gasteiger partial charge < -0.3 is 19.1 Å². The quantitative estimate of drug-likeness (QED) is 0.192. The van der Waals surface area contributed by atoms with E-state index in [0.717, 1.165) is 17.7 Å². The van der Waals surface area contributed by atoms with Crippen LogP contribution in [0.3, 0.4) is 0 Å². The first-order valence-corrected chi connectivity index (χ1v) is 12.7. The van der Waals surface area contributed by atoms with Crippen LogP contribution < -0.4 is 4.74 Å². The molecule has 1 rings (SSSR count). The number of rotatable bonds is 19. The summed E-state index contributed by atoms with van der Waals surface area (Å²) in [5, 5.41) is 0. The third-order valence-electron chi connectivity index (χ3n) is 5.73. The van der Waals surface area contributed by atoms with Crippen LogP contribution >= 0.6 is 0 Å². The highest BCUT2D eigenvalue weighted by Crippen LogP contribution is 2.17. The van der Waals surface area contributed by atoms with Gasteiger partial charge >= 0.3 is 11.9 Å². The van der Waals surface area contributed by atoms with Crippen molar-refractivity contribution >= 4 is 17.8 Å². The molecule has 1 amide bonds. The van der Waals surface area contributed by atoms with E-state index < -0.39 is 17.8 Å². The minimum Gasteiger partial charge on any atom is -0.494 e. The van der Waals surface area contributed by atoms with Gasteiger partial charge in [-0.3, -0.25) is 14.4 Å². The van der Waals surface area contributed by atoms with Crippen molar-refractivity contribution in [3.63, 3.8) is 0 Å². The Morgan fingerprint density at radius 3 is 1.74 bits per heavy atom. The van der Waals surface area contributed by atoms with Gasteiger partial charge in [-0.1, -0.05) is 83.6 Å². The van der Waals surface area contributed by atoms with E-state index >= 15 is 0 Å². The monoisotopic (exact) mass is 477 g/mol. The van der Waals surface area contributed by atoms with Gasteiger partial charge in [0.1, 0.15) is 18.8 Å². The fraction of sp³-hybridized carbons (Fsp3) is 0.667. The molecule has 34 heavy (non-hydrogen) atoms. The molecule has 0 atom stereocenters. The number of benzene rings is 1. The van der Waals surface area contributed by atoms with Crippen molar-refractivity contribution in [1.29, 1.82) is 0 Å². The van der Waals surface area contributed by atoms with Crippen LogP contribution in [0.25, 0.3) is 0 Å². The Bertz CT molecular complexity index is 703. The van der Waals surface area contributed by atoms with E-state index in [9.17, 15) is 14.4 Å². The fourth-order valence-corrected chi connectivity index (χ4v) is 3.67. The van der Waals surface area contributed by atoms with Gasteiger partial charge in [0.15, 0.2) is 0 Å².